The normalized spacial score (nSPS) is 11.2. The summed E-state index contributed by atoms with van der Waals surface area (Å²) in [6, 6.07) is 22.4. The van der Waals surface area contributed by atoms with Gasteiger partial charge in [-0.2, -0.15) is 18.6 Å². The molecular formula is C21H18Br2N4O5S. The lowest BCUT2D eigenvalue weighted by Crippen LogP contribution is -2.17. The van der Waals surface area contributed by atoms with Gasteiger partial charge in [0, 0.05) is 14.5 Å². The highest BCUT2D eigenvalue weighted by Crippen LogP contribution is 2.11. The van der Waals surface area contributed by atoms with Crippen molar-refractivity contribution in [2.24, 2.45) is 10.2 Å². The fraction of sp³-hybridized carbons (Fsp3) is 0. The van der Waals surface area contributed by atoms with Gasteiger partial charge in [0.2, 0.25) is 0 Å². The number of halogens is 2. The summed E-state index contributed by atoms with van der Waals surface area (Å²) >= 11 is 6.77. The van der Waals surface area contributed by atoms with Crippen molar-refractivity contribution in [3.63, 3.8) is 0 Å². The summed E-state index contributed by atoms with van der Waals surface area (Å²) in [6.07, 6.45) is 3.32. The molecule has 0 aliphatic rings. The fourth-order valence-corrected chi connectivity index (χ4v) is 2.73. The molecule has 0 unspecified atom stereocenters. The summed E-state index contributed by atoms with van der Waals surface area (Å²) in [6.45, 7) is 0. The molecule has 12 heteroatoms. The Hall–Kier alpha value is -2.90. The molecule has 9 nitrogen and oxygen atoms in total. The zero-order valence-electron chi connectivity index (χ0n) is 16.8. The van der Waals surface area contributed by atoms with Gasteiger partial charge in [-0.05, 0) is 59.7 Å². The lowest BCUT2D eigenvalue weighted by Gasteiger charge is -2.03. The predicted molar refractivity (Wildman–Crippen MR) is 135 cm³/mol. The quantitative estimate of drug-likeness (QED) is 0.183. The third kappa shape index (κ3) is 11.5. The van der Waals surface area contributed by atoms with Crippen molar-refractivity contribution >= 4 is 66.3 Å². The molecule has 0 saturated heterocycles. The standard InChI is InChI=1S/C21H16Br2N4O.H2O4S/c22-18-7-1-15(2-8-18)13-24-26-20-11-5-17(6-12-20)21(28)27-25-14-16-3-9-19(23)10-4-16;1-5(2,3)4/h1-14,26H,(H,27,28);(H2,1,2,3,4). The van der Waals surface area contributed by atoms with E-state index in [1.54, 1.807) is 36.7 Å². The Bertz CT molecular complexity index is 1210. The van der Waals surface area contributed by atoms with E-state index in [0.717, 1.165) is 25.8 Å². The van der Waals surface area contributed by atoms with Crippen LogP contribution in [0.5, 0.6) is 0 Å². The fourth-order valence-electron chi connectivity index (χ4n) is 2.21. The molecule has 0 atom stereocenters. The van der Waals surface area contributed by atoms with Gasteiger partial charge in [0.05, 0.1) is 18.1 Å². The maximum Gasteiger partial charge on any atom is 0.394 e. The van der Waals surface area contributed by atoms with Gasteiger partial charge in [-0.25, -0.2) is 5.43 Å². The molecular weight excluding hydrogens is 580 g/mol. The lowest BCUT2D eigenvalue weighted by molar-refractivity contribution is 0.0955. The first-order valence-electron chi connectivity index (χ1n) is 9.04. The van der Waals surface area contributed by atoms with Crippen LogP contribution in [0.25, 0.3) is 0 Å². The first-order chi connectivity index (χ1) is 15.6. The Morgan fingerprint density at radius 2 is 1.18 bits per heavy atom. The van der Waals surface area contributed by atoms with Crippen LogP contribution in [0.1, 0.15) is 21.5 Å². The number of carbonyl (C=O) groups excluding carboxylic acids is 1. The summed E-state index contributed by atoms with van der Waals surface area (Å²) in [5, 5.41) is 8.16. The van der Waals surface area contributed by atoms with Gasteiger partial charge in [0.1, 0.15) is 0 Å². The minimum absolute atomic E-state index is 0.279. The topological polar surface area (TPSA) is 140 Å². The molecule has 172 valence electrons. The summed E-state index contributed by atoms with van der Waals surface area (Å²) in [5.41, 5.74) is 8.62. The summed E-state index contributed by atoms with van der Waals surface area (Å²) in [4.78, 5) is 12.1. The van der Waals surface area contributed by atoms with Gasteiger partial charge in [-0.1, -0.05) is 56.1 Å². The number of anilines is 1. The van der Waals surface area contributed by atoms with Gasteiger partial charge < -0.3 is 0 Å². The number of rotatable bonds is 6. The average Bonchev–Trinajstić information content (AvgIpc) is 2.76. The maximum absolute atomic E-state index is 12.1. The molecule has 0 aromatic heterocycles. The highest BCUT2D eigenvalue weighted by Gasteiger charge is 2.03. The van der Waals surface area contributed by atoms with Crippen LogP contribution in [0.15, 0.2) is 91.9 Å². The molecule has 0 saturated carbocycles. The van der Waals surface area contributed by atoms with Crippen molar-refractivity contribution in [2.75, 3.05) is 5.43 Å². The number of amides is 1. The minimum atomic E-state index is -4.67. The van der Waals surface area contributed by atoms with E-state index in [4.69, 9.17) is 17.5 Å². The van der Waals surface area contributed by atoms with Crippen LogP contribution in [-0.2, 0) is 10.4 Å². The molecule has 0 spiro atoms. The number of nitrogens with zero attached hydrogens (tertiary/aromatic N) is 2. The lowest BCUT2D eigenvalue weighted by atomic mass is 10.2. The van der Waals surface area contributed by atoms with Gasteiger partial charge >= 0.3 is 10.4 Å². The minimum Gasteiger partial charge on any atom is -0.279 e. The van der Waals surface area contributed by atoms with Crippen LogP contribution < -0.4 is 10.9 Å². The van der Waals surface area contributed by atoms with Crippen LogP contribution in [0, 0.1) is 0 Å². The van der Waals surface area contributed by atoms with E-state index in [-0.39, 0.29) is 5.91 Å². The summed E-state index contributed by atoms with van der Waals surface area (Å²) < 4.78 is 33.6. The maximum atomic E-state index is 12.1. The zero-order valence-corrected chi connectivity index (χ0v) is 20.7. The van der Waals surface area contributed by atoms with Crippen molar-refractivity contribution in [2.45, 2.75) is 0 Å². The van der Waals surface area contributed by atoms with E-state index >= 15 is 0 Å². The van der Waals surface area contributed by atoms with E-state index in [1.807, 2.05) is 48.5 Å². The van der Waals surface area contributed by atoms with E-state index in [1.165, 1.54) is 0 Å². The van der Waals surface area contributed by atoms with Crippen molar-refractivity contribution in [3.05, 3.63) is 98.4 Å². The number of benzene rings is 3. The van der Waals surface area contributed by atoms with Crippen LogP contribution in [0.3, 0.4) is 0 Å². The average molecular weight is 598 g/mol. The second kappa shape index (κ2) is 13.0. The Morgan fingerprint density at radius 1 is 0.758 bits per heavy atom. The van der Waals surface area contributed by atoms with Gasteiger partial charge in [-0.3, -0.25) is 19.3 Å². The SMILES string of the molecule is O=C(NN=Cc1ccc(Br)cc1)c1ccc(NN=Cc2ccc(Br)cc2)cc1.O=S(=O)(O)O. The second-order valence-corrected chi connectivity index (χ2v) is 8.92. The molecule has 0 fully saturated rings. The third-order valence-corrected chi connectivity index (χ3v) is 4.73. The highest BCUT2D eigenvalue weighted by molar-refractivity contribution is 9.10. The van der Waals surface area contributed by atoms with Gasteiger partial charge in [0.25, 0.3) is 5.91 Å². The molecule has 4 N–H and O–H groups in total. The van der Waals surface area contributed by atoms with Crippen LogP contribution in [0.2, 0.25) is 0 Å². The van der Waals surface area contributed by atoms with E-state index in [2.05, 4.69) is 52.9 Å². The monoisotopic (exact) mass is 596 g/mol. The van der Waals surface area contributed by atoms with Crippen molar-refractivity contribution in [1.82, 2.24) is 5.43 Å². The molecule has 0 bridgehead atoms. The zero-order chi connectivity index (χ0) is 24.3. The predicted octanol–water partition coefficient (Wildman–Crippen LogP) is 4.77. The largest absolute Gasteiger partial charge is 0.394 e. The molecule has 3 rings (SSSR count). The first kappa shape index (κ1) is 26.4. The van der Waals surface area contributed by atoms with Crippen LogP contribution in [0.4, 0.5) is 5.69 Å². The molecule has 33 heavy (non-hydrogen) atoms. The Kier molecular flexibility index (Phi) is 10.4. The number of hydrogen-bond donors (Lipinski definition) is 4. The van der Waals surface area contributed by atoms with E-state index < -0.39 is 10.4 Å². The summed E-state index contributed by atoms with van der Waals surface area (Å²) in [7, 11) is -4.67. The highest BCUT2D eigenvalue weighted by atomic mass is 79.9. The Labute approximate surface area is 207 Å². The van der Waals surface area contributed by atoms with E-state index in [9.17, 15) is 4.79 Å². The first-order valence-corrected chi connectivity index (χ1v) is 12.0. The van der Waals surface area contributed by atoms with E-state index in [0.29, 0.717) is 5.56 Å². The van der Waals surface area contributed by atoms with Crippen LogP contribution >= 0.6 is 31.9 Å². The van der Waals surface area contributed by atoms with Crippen LogP contribution in [-0.4, -0.2) is 35.9 Å². The summed E-state index contributed by atoms with van der Waals surface area (Å²) in [5.74, 6) is -0.279. The molecule has 3 aromatic carbocycles. The molecule has 1 amide bonds. The van der Waals surface area contributed by atoms with Gasteiger partial charge in [0.15, 0.2) is 0 Å². The number of hydrazone groups is 2. The molecule has 0 radical (unpaired) electrons. The molecule has 0 aliphatic heterocycles. The van der Waals surface area contributed by atoms with Crippen molar-refractivity contribution in [1.29, 1.82) is 0 Å². The number of hydrogen-bond acceptors (Lipinski definition) is 6. The number of nitrogens with one attached hydrogen (secondary N) is 2. The van der Waals surface area contributed by atoms with Crippen molar-refractivity contribution < 1.29 is 22.3 Å². The van der Waals surface area contributed by atoms with Gasteiger partial charge in [-0.15, -0.1) is 0 Å². The molecule has 0 heterocycles. The Balaban J connectivity index is 0.000000696. The second-order valence-electron chi connectivity index (χ2n) is 6.20. The smallest absolute Gasteiger partial charge is 0.279 e. The Morgan fingerprint density at radius 3 is 1.64 bits per heavy atom. The molecule has 0 aliphatic carbocycles. The number of carbonyl (C=O) groups is 1. The molecule has 3 aromatic rings. The van der Waals surface area contributed by atoms with Crippen molar-refractivity contribution in [3.8, 4) is 0 Å². The third-order valence-electron chi connectivity index (χ3n) is 3.67.